The lowest BCUT2D eigenvalue weighted by Gasteiger charge is -2.14. The molecule has 0 bridgehead atoms. The number of halogens is 1. The van der Waals surface area contributed by atoms with E-state index in [2.05, 4.69) is 0 Å². The summed E-state index contributed by atoms with van der Waals surface area (Å²) >= 11 is 0. The van der Waals surface area contributed by atoms with Crippen molar-refractivity contribution >= 4 is 0 Å². The lowest BCUT2D eigenvalue weighted by Crippen LogP contribution is -2.12. The molecule has 0 radical (unpaired) electrons. The second kappa shape index (κ2) is 8.85. The molecule has 0 aromatic heterocycles. The molecule has 0 aliphatic carbocycles. The number of rotatable bonds is 9. The Labute approximate surface area is 113 Å². The van der Waals surface area contributed by atoms with Crippen LogP contribution in [-0.2, 0) is 9.47 Å². The van der Waals surface area contributed by atoms with Crippen molar-refractivity contribution in [1.29, 1.82) is 0 Å². The molecule has 0 unspecified atom stereocenters. The van der Waals surface area contributed by atoms with E-state index >= 15 is 0 Å². The summed E-state index contributed by atoms with van der Waals surface area (Å²) in [4.78, 5) is 0. The lowest BCUT2D eigenvalue weighted by molar-refractivity contribution is 0.0803. The van der Waals surface area contributed by atoms with Crippen molar-refractivity contribution in [3.8, 4) is 5.75 Å². The van der Waals surface area contributed by atoms with Crippen LogP contribution < -0.4 is 10.5 Å². The number of hydrogen-bond acceptors (Lipinski definition) is 4. The summed E-state index contributed by atoms with van der Waals surface area (Å²) in [6.07, 6.45) is 0.859. The molecule has 0 amide bonds. The van der Waals surface area contributed by atoms with Crippen LogP contribution in [0.3, 0.4) is 0 Å². The summed E-state index contributed by atoms with van der Waals surface area (Å²) in [5.74, 6) is 0.298. The van der Waals surface area contributed by atoms with Gasteiger partial charge in [-0.2, -0.15) is 0 Å². The average molecular weight is 271 g/mol. The number of ether oxygens (including phenoxy) is 3. The predicted molar refractivity (Wildman–Crippen MR) is 71.8 cm³/mol. The molecule has 1 atom stereocenters. The molecule has 19 heavy (non-hydrogen) atoms. The number of benzene rings is 1. The zero-order chi connectivity index (χ0) is 14.1. The van der Waals surface area contributed by atoms with Crippen molar-refractivity contribution in [2.45, 2.75) is 19.4 Å². The van der Waals surface area contributed by atoms with Gasteiger partial charge in [0.15, 0.2) is 0 Å². The summed E-state index contributed by atoms with van der Waals surface area (Å²) in [5.41, 5.74) is 6.44. The van der Waals surface area contributed by atoms with Crippen molar-refractivity contribution in [3.63, 3.8) is 0 Å². The van der Waals surface area contributed by atoms with Crippen LogP contribution >= 0.6 is 0 Å². The highest BCUT2D eigenvalue weighted by atomic mass is 19.1. The molecule has 1 rings (SSSR count). The van der Waals surface area contributed by atoms with E-state index in [4.69, 9.17) is 19.9 Å². The summed E-state index contributed by atoms with van der Waals surface area (Å²) in [6.45, 7) is 4.02. The SMILES string of the molecule is COCCCOCCOc1ccc(F)cc1[C@@H](C)N. The molecule has 0 aliphatic rings. The third kappa shape index (κ3) is 6.00. The molecule has 0 spiro atoms. The van der Waals surface area contributed by atoms with Gasteiger partial charge in [0.1, 0.15) is 18.2 Å². The van der Waals surface area contributed by atoms with Crippen molar-refractivity contribution in [2.24, 2.45) is 5.73 Å². The first kappa shape index (κ1) is 15.9. The summed E-state index contributed by atoms with van der Waals surface area (Å²) in [7, 11) is 1.66. The quantitative estimate of drug-likeness (QED) is 0.700. The molecule has 0 heterocycles. The van der Waals surface area contributed by atoms with E-state index in [1.54, 1.807) is 20.1 Å². The standard InChI is InChI=1S/C14H22FNO3/c1-11(16)13-10-12(15)4-5-14(13)19-9-8-18-7-3-6-17-2/h4-5,10-11H,3,6-9,16H2,1-2H3/t11-/m1/s1. The van der Waals surface area contributed by atoms with Crippen LogP contribution in [0.5, 0.6) is 5.75 Å². The van der Waals surface area contributed by atoms with Gasteiger partial charge in [-0.3, -0.25) is 0 Å². The highest BCUT2D eigenvalue weighted by Gasteiger charge is 2.09. The van der Waals surface area contributed by atoms with E-state index in [0.29, 0.717) is 37.7 Å². The minimum Gasteiger partial charge on any atom is -0.491 e. The first-order valence-corrected chi connectivity index (χ1v) is 6.39. The highest BCUT2D eigenvalue weighted by Crippen LogP contribution is 2.24. The molecule has 4 nitrogen and oxygen atoms in total. The number of nitrogens with two attached hydrogens (primary N) is 1. The van der Waals surface area contributed by atoms with E-state index in [1.807, 2.05) is 0 Å². The average Bonchev–Trinajstić information content (AvgIpc) is 2.39. The van der Waals surface area contributed by atoms with Gasteiger partial charge < -0.3 is 19.9 Å². The molecule has 0 fully saturated rings. The van der Waals surface area contributed by atoms with Gasteiger partial charge in [0.05, 0.1) is 6.61 Å². The molecule has 5 heteroatoms. The Morgan fingerprint density at radius 2 is 2.00 bits per heavy atom. The topological polar surface area (TPSA) is 53.7 Å². The van der Waals surface area contributed by atoms with Gasteiger partial charge in [-0.05, 0) is 31.5 Å². The Morgan fingerprint density at radius 3 is 2.68 bits per heavy atom. The monoisotopic (exact) mass is 271 g/mol. The van der Waals surface area contributed by atoms with Gasteiger partial charge in [-0.25, -0.2) is 4.39 Å². The summed E-state index contributed by atoms with van der Waals surface area (Å²) < 4.78 is 29.0. The fourth-order valence-corrected chi connectivity index (χ4v) is 1.62. The maximum absolute atomic E-state index is 13.1. The Morgan fingerprint density at radius 1 is 1.21 bits per heavy atom. The van der Waals surface area contributed by atoms with Gasteiger partial charge in [-0.1, -0.05) is 0 Å². The summed E-state index contributed by atoms with van der Waals surface area (Å²) in [6, 6.07) is 4.09. The number of methoxy groups -OCH3 is 1. The van der Waals surface area contributed by atoms with Gasteiger partial charge in [0.25, 0.3) is 0 Å². The maximum atomic E-state index is 13.1. The zero-order valence-corrected chi connectivity index (χ0v) is 11.5. The van der Waals surface area contributed by atoms with Crippen LogP contribution in [0.4, 0.5) is 4.39 Å². The third-order valence-corrected chi connectivity index (χ3v) is 2.58. The largest absolute Gasteiger partial charge is 0.491 e. The van der Waals surface area contributed by atoms with Crippen LogP contribution in [-0.4, -0.2) is 33.5 Å². The number of hydrogen-bond donors (Lipinski definition) is 1. The van der Waals surface area contributed by atoms with Crippen LogP contribution in [0.2, 0.25) is 0 Å². The fraction of sp³-hybridized carbons (Fsp3) is 0.571. The second-order valence-corrected chi connectivity index (χ2v) is 4.28. The highest BCUT2D eigenvalue weighted by molar-refractivity contribution is 5.36. The van der Waals surface area contributed by atoms with Crippen LogP contribution in [0, 0.1) is 5.82 Å². The molecule has 0 saturated heterocycles. The molecular weight excluding hydrogens is 249 g/mol. The normalized spacial score (nSPS) is 12.4. The van der Waals surface area contributed by atoms with E-state index in [9.17, 15) is 4.39 Å². The molecule has 0 saturated carbocycles. The van der Waals surface area contributed by atoms with Crippen LogP contribution in [0.1, 0.15) is 24.9 Å². The third-order valence-electron chi connectivity index (χ3n) is 2.58. The molecular formula is C14H22FNO3. The smallest absolute Gasteiger partial charge is 0.124 e. The van der Waals surface area contributed by atoms with Gasteiger partial charge in [0, 0.05) is 31.9 Å². The Balaban J connectivity index is 2.33. The van der Waals surface area contributed by atoms with Gasteiger partial charge in [-0.15, -0.1) is 0 Å². The van der Waals surface area contributed by atoms with E-state index < -0.39 is 0 Å². The predicted octanol–water partition coefficient (Wildman–Crippen LogP) is 2.28. The molecule has 2 N–H and O–H groups in total. The van der Waals surface area contributed by atoms with Crippen molar-refractivity contribution in [2.75, 3.05) is 33.5 Å². The maximum Gasteiger partial charge on any atom is 0.124 e. The molecule has 0 aliphatic heterocycles. The Hall–Kier alpha value is -1.17. The van der Waals surface area contributed by atoms with Crippen molar-refractivity contribution in [1.82, 2.24) is 0 Å². The van der Waals surface area contributed by atoms with Gasteiger partial charge >= 0.3 is 0 Å². The second-order valence-electron chi connectivity index (χ2n) is 4.28. The van der Waals surface area contributed by atoms with Crippen LogP contribution in [0.25, 0.3) is 0 Å². The minimum absolute atomic E-state index is 0.270. The van der Waals surface area contributed by atoms with Crippen molar-refractivity contribution in [3.05, 3.63) is 29.6 Å². The van der Waals surface area contributed by atoms with Gasteiger partial charge in [0.2, 0.25) is 0 Å². The van der Waals surface area contributed by atoms with E-state index in [0.717, 1.165) is 6.42 Å². The van der Waals surface area contributed by atoms with E-state index in [1.165, 1.54) is 12.1 Å². The lowest BCUT2D eigenvalue weighted by atomic mass is 10.1. The van der Waals surface area contributed by atoms with E-state index in [-0.39, 0.29) is 11.9 Å². The van der Waals surface area contributed by atoms with Crippen molar-refractivity contribution < 1.29 is 18.6 Å². The molecule has 108 valence electrons. The minimum atomic E-state index is -0.310. The zero-order valence-electron chi connectivity index (χ0n) is 11.5. The Bertz CT molecular complexity index is 372. The van der Waals surface area contributed by atoms with Crippen LogP contribution in [0.15, 0.2) is 18.2 Å². The Kier molecular flexibility index (Phi) is 7.40. The molecule has 1 aromatic carbocycles. The fourth-order valence-electron chi connectivity index (χ4n) is 1.62. The first-order chi connectivity index (χ1) is 9.15. The summed E-state index contributed by atoms with van der Waals surface area (Å²) in [5, 5.41) is 0. The first-order valence-electron chi connectivity index (χ1n) is 6.39. The molecule has 1 aromatic rings.